The molecule has 0 saturated carbocycles. The second-order valence-electron chi connectivity index (χ2n) is 5.53. The molecule has 0 amide bonds. The lowest BCUT2D eigenvalue weighted by Crippen LogP contribution is -2.24. The van der Waals surface area contributed by atoms with Crippen molar-refractivity contribution in [2.75, 3.05) is 5.75 Å². The van der Waals surface area contributed by atoms with Crippen LogP contribution in [-0.4, -0.2) is 15.3 Å². The van der Waals surface area contributed by atoms with Crippen LogP contribution in [0, 0.1) is 3.57 Å². The Kier molecular flexibility index (Phi) is 6.19. The Morgan fingerprint density at radius 3 is 2.76 bits per heavy atom. The summed E-state index contributed by atoms with van der Waals surface area (Å²) in [5.74, 6) is 0.673. The molecular formula is C19H16ClIN2OS. The minimum absolute atomic E-state index is 0.0126. The molecule has 0 spiro atoms. The van der Waals surface area contributed by atoms with Gasteiger partial charge in [0, 0.05) is 14.4 Å². The molecule has 1 heterocycles. The van der Waals surface area contributed by atoms with E-state index in [1.165, 1.54) is 11.8 Å². The van der Waals surface area contributed by atoms with Crippen LogP contribution in [0.3, 0.4) is 0 Å². The fraction of sp³-hybridized carbons (Fsp3) is 0.158. The Bertz CT molecular complexity index is 982. The van der Waals surface area contributed by atoms with E-state index in [1.807, 2.05) is 61.5 Å². The Morgan fingerprint density at radius 2 is 2.04 bits per heavy atom. The van der Waals surface area contributed by atoms with Gasteiger partial charge in [-0.1, -0.05) is 59.8 Å². The highest BCUT2D eigenvalue weighted by Gasteiger charge is 2.12. The third-order valence-electron chi connectivity index (χ3n) is 3.64. The first-order valence-electron chi connectivity index (χ1n) is 7.73. The van der Waals surface area contributed by atoms with E-state index < -0.39 is 0 Å². The van der Waals surface area contributed by atoms with Crippen LogP contribution >= 0.6 is 46.0 Å². The molecule has 0 aliphatic carbocycles. The molecule has 25 heavy (non-hydrogen) atoms. The first-order valence-corrected chi connectivity index (χ1v) is 10.2. The van der Waals surface area contributed by atoms with Crippen LogP contribution in [0.1, 0.15) is 12.5 Å². The van der Waals surface area contributed by atoms with Gasteiger partial charge in [-0.2, -0.15) is 0 Å². The Morgan fingerprint density at radius 1 is 1.28 bits per heavy atom. The topological polar surface area (TPSA) is 34.9 Å². The predicted molar refractivity (Wildman–Crippen MR) is 115 cm³/mol. The maximum atomic E-state index is 13.1. The van der Waals surface area contributed by atoms with Gasteiger partial charge in [-0.05, 0) is 53.3 Å². The quantitative estimate of drug-likeness (QED) is 0.282. The highest BCUT2D eigenvalue weighted by atomic mass is 127. The third kappa shape index (κ3) is 4.65. The van der Waals surface area contributed by atoms with Gasteiger partial charge < -0.3 is 0 Å². The lowest BCUT2D eigenvalue weighted by molar-refractivity contribution is 0.658. The average molecular weight is 483 g/mol. The largest absolute Gasteiger partial charge is 0.283 e. The molecule has 3 aromatic rings. The van der Waals surface area contributed by atoms with Crippen molar-refractivity contribution in [2.45, 2.75) is 18.6 Å². The number of benzene rings is 2. The van der Waals surface area contributed by atoms with Crippen molar-refractivity contribution in [3.05, 3.63) is 79.1 Å². The molecule has 0 aliphatic heterocycles. The summed E-state index contributed by atoms with van der Waals surface area (Å²) in [6, 6.07) is 15.7. The van der Waals surface area contributed by atoms with Crippen LogP contribution in [0.5, 0.6) is 0 Å². The van der Waals surface area contributed by atoms with Gasteiger partial charge in [0.15, 0.2) is 5.16 Å². The normalized spacial score (nSPS) is 11.9. The molecular weight excluding hydrogens is 467 g/mol. The smallest absolute Gasteiger partial charge is 0.262 e. The first kappa shape index (κ1) is 18.5. The number of allylic oxidation sites excluding steroid dienone is 1. The fourth-order valence-corrected chi connectivity index (χ4v) is 4.03. The van der Waals surface area contributed by atoms with Crippen molar-refractivity contribution in [1.82, 2.24) is 9.55 Å². The van der Waals surface area contributed by atoms with Crippen LogP contribution in [0.2, 0.25) is 0 Å². The molecule has 0 fully saturated rings. The second-order valence-corrected chi connectivity index (χ2v) is 8.36. The van der Waals surface area contributed by atoms with Gasteiger partial charge in [0.2, 0.25) is 0 Å². The summed E-state index contributed by atoms with van der Waals surface area (Å²) in [5, 5.41) is 2.09. The van der Waals surface area contributed by atoms with Gasteiger partial charge in [0.1, 0.15) is 0 Å². The van der Waals surface area contributed by atoms with Crippen LogP contribution in [0.25, 0.3) is 10.9 Å². The van der Waals surface area contributed by atoms with Crippen LogP contribution in [-0.2, 0) is 6.54 Å². The maximum absolute atomic E-state index is 13.1. The number of hydrogen-bond acceptors (Lipinski definition) is 3. The molecule has 128 valence electrons. The molecule has 3 rings (SSSR count). The zero-order chi connectivity index (χ0) is 17.8. The lowest BCUT2D eigenvalue weighted by atomic mass is 10.2. The summed E-state index contributed by atoms with van der Waals surface area (Å²) in [5.41, 5.74) is 1.78. The monoisotopic (exact) mass is 482 g/mol. The van der Waals surface area contributed by atoms with Crippen molar-refractivity contribution in [3.8, 4) is 0 Å². The van der Waals surface area contributed by atoms with E-state index in [1.54, 1.807) is 4.57 Å². The van der Waals surface area contributed by atoms with E-state index in [2.05, 4.69) is 22.6 Å². The number of halogens is 2. The summed E-state index contributed by atoms with van der Waals surface area (Å²) in [4.78, 5) is 17.8. The maximum Gasteiger partial charge on any atom is 0.262 e. The van der Waals surface area contributed by atoms with E-state index in [9.17, 15) is 4.79 Å². The first-order chi connectivity index (χ1) is 12.0. The van der Waals surface area contributed by atoms with E-state index in [0.717, 1.165) is 19.7 Å². The highest BCUT2D eigenvalue weighted by Crippen LogP contribution is 2.21. The molecule has 0 aliphatic rings. The van der Waals surface area contributed by atoms with Crippen LogP contribution < -0.4 is 5.56 Å². The molecule has 0 N–H and O–H groups in total. The third-order valence-corrected chi connectivity index (χ3v) is 5.37. The van der Waals surface area contributed by atoms with Gasteiger partial charge in [0.25, 0.3) is 5.56 Å². The zero-order valence-electron chi connectivity index (χ0n) is 13.6. The summed E-state index contributed by atoms with van der Waals surface area (Å²) in [6.07, 6.45) is 1.92. The summed E-state index contributed by atoms with van der Waals surface area (Å²) >= 11 is 9.65. The lowest BCUT2D eigenvalue weighted by Gasteiger charge is -2.13. The summed E-state index contributed by atoms with van der Waals surface area (Å²) in [6.45, 7) is 2.34. The minimum atomic E-state index is -0.0126. The van der Waals surface area contributed by atoms with Crippen molar-refractivity contribution in [1.29, 1.82) is 0 Å². The average Bonchev–Trinajstić information content (AvgIpc) is 2.59. The van der Waals surface area contributed by atoms with Crippen LogP contribution in [0.4, 0.5) is 0 Å². The van der Waals surface area contributed by atoms with Crippen molar-refractivity contribution in [2.24, 2.45) is 0 Å². The second kappa shape index (κ2) is 8.38. The molecule has 2 aromatic carbocycles. The SMILES string of the molecule is C/C(Cl)=C/CSc1nc2ccc(I)cc2c(=O)n1Cc1ccccc1. The molecule has 0 radical (unpaired) electrons. The van der Waals surface area contributed by atoms with Gasteiger partial charge in [-0.25, -0.2) is 4.98 Å². The van der Waals surface area contributed by atoms with E-state index >= 15 is 0 Å². The van der Waals surface area contributed by atoms with Gasteiger partial charge in [-0.15, -0.1) is 0 Å². The zero-order valence-corrected chi connectivity index (χ0v) is 17.3. The molecule has 0 unspecified atom stereocenters. The molecule has 0 atom stereocenters. The number of aromatic nitrogens is 2. The fourth-order valence-electron chi connectivity index (χ4n) is 2.42. The molecule has 6 heteroatoms. The Balaban J connectivity index is 2.10. The molecule has 3 nitrogen and oxygen atoms in total. The number of rotatable bonds is 5. The standard InChI is InChI=1S/C19H16ClIN2OS/c1-13(20)9-10-25-19-22-17-8-7-15(21)11-16(17)18(24)23(19)12-14-5-3-2-4-6-14/h2-9,11H,10,12H2,1H3/b13-9-. The van der Waals surface area contributed by atoms with Crippen LogP contribution in [0.15, 0.2) is 69.6 Å². The van der Waals surface area contributed by atoms with E-state index in [0.29, 0.717) is 22.8 Å². The minimum Gasteiger partial charge on any atom is -0.283 e. The van der Waals surface area contributed by atoms with E-state index in [-0.39, 0.29) is 5.56 Å². The van der Waals surface area contributed by atoms with Gasteiger partial charge in [-0.3, -0.25) is 9.36 Å². The number of fused-ring (bicyclic) bond motifs is 1. The summed E-state index contributed by atoms with van der Waals surface area (Å²) < 4.78 is 2.77. The van der Waals surface area contributed by atoms with Crippen molar-refractivity contribution in [3.63, 3.8) is 0 Å². The van der Waals surface area contributed by atoms with E-state index in [4.69, 9.17) is 16.6 Å². The number of hydrogen-bond donors (Lipinski definition) is 0. The predicted octanol–water partition coefficient (Wildman–Crippen LogP) is 5.28. The van der Waals surface area contributed by atoms with Crippen molar-refractivity contribution < 1.29 is 0 Å². The Hall–Kier alpha value is -1.31. The summed E-state index contributed by atoms with van der Waals surface area (Å²) in [7, 11) is 0. The number of nitrogens with zero attached hydrogens (tertiary/aromatic N) is 2. The van der Waals surface area contributed by atoms with Gasteiger partial charge >= 0.3 is 0 Å². The molecule has 0 saturated heterocycles. The highest BCUT2D eigenvalue weighted by molar-refractivity contribution is 14.1. The Labute approximate surface area is 169 Å². The molecule has 1 aromatic heterocycles. The molecule has 0 bridgehead atoms. The van der Waals surface area contributed by atoms with Gasteiger partial charge in [0.05, 0.1) is 17.4 Å². The van der Waals surface area contributed by atoms with Crippen molar-refractivity contribution >= 4 is 56.9 Å². The number of thioether (sulfide) groups is 1.